The molecular formula is C20H15ClN3O2+. The first-order valence-corrected chi connectivity index (χ1v) is 8.45. The van der Waals surface area contributed by atoms with Crippen molar-refractivity contribution >= 4 is 17.2 Å². The zero-order valence-electron chi connectivity index (χ0n) is 13.7. The van der Waals surface area contributed by atoms with Gasteiger partial charge in [-0.1, -0.05) is 54.1 Å². The number of aromatic nitrogens is 3. The van der Waals surface area contributed by atoms with Crippen molar-refractivity contribution in [1.29, 1.82) is 0 Å². The Morgan fingerprint density at radius 2 is 1.81 bits per heavy atom. The molecule has 0 saturated heterocycles. The molecule has 1 N–H and O–H groups in total. The molecule has 4 aromatic rings. The molecule has 0 unspecified atom stereocenters. The summed E-state index contributed by atoms with van der Waals surface area (Å²) in [6.07, 6.45) is 3.35. The average Bonchev–Trinajstić information content (AvgIpc) is 2.68. The summed E-state index contributed by atoms with van der Waals surface area (Å²) in [5.74, 6) is -0.0812. The molecule has 0 aliphatic heterocycles. The van der Waals surface area contributed by atoms with E-state index in [0.29, 0.717) is 22.9 Å². The van der Waals surface area contributed by atoms with E-state index in [1.54, 1.807) is 47.3 Å². The van der Waals surface area contributed by atoms with Crippen LogP contribution in [0, 0.1) is 0 Å². The molecule has 0 radical (unpaired) electrons. The molecular weight excluding hydrogens is 350 g/mol. The Balaban J connectivity index is 1.99. The molecule has 0 bridgehead atoms. The summed E-state index contributed by atoms with van der Waals surface area (Å²) in [6, 6.07) is 18.1. The van der Waals surface area contributed by atoms with Crippen molar-refractivity contribution in [3.05, 3.63) is 94.1 Å². The van der Waals surface area contributed by atoms with Gasteiger partial charge in [0.15, 0.2) is 5.56 Å². The van der Waals surface area contributed by atoms with Crippen LogP contribution < -0.4 is 9.96 Å². The maximum absolute atomic E-state index is 13.0. The van der Waals surface area contributed by atoms with Gasteiger partial charge in [-0.15, -0.1) is 0 Å². The number of rotatable bonds is 3. The lowest BCUT2D eigenvalue weighted by Crippen LogP contribution is -2.43. The summed E-state index contributed by atoms with van der Waals surface area (Å²) in [5, 5.41) is 11.3. The third-order valence-electron chi connectivity index (χ3n) is 4.22. The van der Waals surface area contributed by atoms with E-state index in [1.165, 1.54) is 4.40 Å². The van der Waals surface area contributed by atoms with Gasteiger partial charge < -0.3 is 5.11 Å². The van der Waals surface area contributed by atoms with Crippen molar-refractivity contribution in [2.45, 2.75) is 6.54 Å². The van der Waals surface area contributed by atoms with E-state index in [-0.39, 0.29) is 17.0 Å². The number of nitrogens with zero attached hydrogens (tertiary/aromatic N) is 3. The average molecular weight is 365 g/mol. The van der Waals surface area contributed by atoms with Gasteiger partial charge in [-0.25, -0.2) is 9.78 Å². The highest BCUT2D eigenvalue weighted by Gasteiger charge is 2.24. The lowest BCUT2D eigenvalue weighted by atomic mass is 10.1. The van der Waals surface area contributed by atoms with Crippen LogP contribution in [-0.4, -0.2) is 14.7 Å². The number of fused-ring (bicyclic) bond motifs is 1. The molecule has 0 amide bonds. The first-order chi connectivity index (χ1) is 12.6. The number of halogens is 1. The fraction of sp³-hybridized carbons (Fsp3) is 0.0500. The Morgan fingerprint density at radius 1 is 1.04 bits per heavy atom. The Labute approximate surface area is 154 Å². The molecule has 3 heterocycles. The van der Waals surface area contributed by atoms with E-state index in [0.717, 1.165) is 5.56 Å². The summed E-state index contributed by atoms with van der Waals surface area (Å²) < 4.78 is 3.22. The Hall–Kier alpha value is -3.18. The minimum atomic E-state index is -0.269. The molecule has 0 aliphatic carbocycles. The van der Waals surface area contributed by atoms with Crippen molar-refractivity contribution in [1.82, 2.24) is 9.55 Å². The van der Waals surface area contributed by atoms with E-state index >= 15 is 0 Å². The molecule has 128 valence electrons. The van der Waals surface area contributed by atoms with Gasteiger partial charge in [0.25, 0.3) is 11.5 Å². The van der Waals surface area contributed by atoms with Crippen molar-refractivity contribution in [2.24, 2.45) is 0 Å². The van der Waals surface area contributed by atoms with E-state index in [4.69, 9.17) is 11.6 Å². The van der Waals surface area contributed by atoms with Crippen LogP contribution in [-0.2, 0) is 6.54 Å². The lowest BCUT2D eigenvalue weighted by Gasteiger charge is -2.10. The topological polar surface area (TPSA) is 59.2 Å². The molecule has 0 spiro atoms. The largest absolute Gasteiger partial charge is 0.477 e. The van der Waals surface area contributed by atoms with E-state index in [2.05, 4.69) is 4.98 Å². The van der Waals surface area contributed by atoms with Gasteiger partial charge in [-0.3, -0.25) is 0 Å². The van der Waals surface area contributed by atoms with Gasteiger partial charge in [-0.05, 0) is 17.7 Å². The standard InChI is InChI=1S/C20H14ClN3O2/c21-16-10-9-14(12-22-16)13-24-17-8-4-5-11-23(17)19(25)18(20(24)26)15-6-2-1-3-7-15/h1-12H,13H2/p+1. The van der Waals surface area contributed by atoms with Gasteiger partial charge in [0.05, 0.1) is 6.20 Å². The summed E-state index contributed by atoms with van der Waals surface area (Å²) in [6.45, 7) is 0.351. The van der Waals surface area contributed by atoms with Crippen LogP contribution in [0.1, 0.15) is 5.56 Å². The normalized spacial score (nSPS) is 11.0. The smallest absolute Gasteiger partial charge is 0.354 e. The Kier molecular flexibility index (Phi) is 4.14. The predicted molar refractivity (Wildman–Crippen MR) is 99.3 cm³/mol. The van der Waals surface area contributed by atoms with Gasteiger partial charge in [0.2, 0.25) is 0 Å². The summed E-state index contributed by atoms with van der Waals surface area (Å²) in [7, 11) is 0. The fourth-order valence-electron chi connectivity index (χ4n) is 2.98. The predicted octanol–water partition coefficient (Wildman–Crippen LogP) is 3.06. The van der Waals surface area contributed by atoms with Gasteiger partial charge >= 0.3 is 5.56 Å². The van der Waals surface area contributed by atoms with E-state index in [9.17, 15) is 9.90 Å². The second kappa shape index (κ2) is 6.61. The van der Waals surface area contributed by atoms with Crippen LogP contribution in [0.15, 0.2) is 77.9 Å². The van der Waals surface area contributed by atoms with Crippen LogP contribution in [0.2, 0.25) is 5.15 Å². The molecule has 4 rings (SSSR count). The van der Waals surface area contributed by atoms with Crippen LogP contribution in [0.3, 0.4) is 0 Å². The maximum atomic E-state index is 13.0. The second-order valence-corrected chi connectivity index (χ2v) is 6.26. The zero-order valence-corrected chi connectivity index (χ0v) is 14.5. The van der Waals surface area contributed by atoms with Crippen LogP contribution in [0.4, 0.5) is 0 Å². The third kappa shape index (κ3) is 2.82. The highest BCUT2D eigenvalue weighted by Crippen LogP contribution is 2.26. The van der Waals surface area contributed by atoms with Crippen molar-refractivity contribution in [2.75, 3.05) is 0 Å². The number of aromatic hydroxyl groups is 1. The molecule has 3 aromatic heterocycles. The number of hydrogen-bond acceptors (Lipinski definition) is 3. The van der Waals surface area contributed by atoms with Gasteiger partial charge in [0.1, 0.15) is 11.7 Å². The maximum Gasteiger partial charge on any atom is 0.354 e. The monoisotopic (exact) mass is 364 g/mol. The van der Waals surface area contributed by atoms with Crippen molar-refractivity contribution in [3.8, 4) is 17.0 Å². The first-order valence-electron chi connectivity index (χ1n) is 8.07. The summed E-state index contributed by atoms with van der Waals surface area (Å²) in [4.78, 5) is 17.0. The van der Waals surface area contributed by atoms with Crippen LogP contribution >= 0.6 is 11.6 Å². The minimum absolute atomic E-state index is 0.0812. The SMILES string of the molecule is O=c1c(-c2ccccc2)c(O)n(Cc2ccc(Cl)nc2)c2cccc[n+]12. The summed E-state index contributed by atoms with van der Waals surface area (Å²) in [5.41, 5.74) is 2.10. The van der Waals surface area contributed by atoms with Crippen molar-refractivity contribution in [3.63, 3.8) is 0 Å². The van der Waals surface area contributed by atoms with Crippen LogP contribution in [0.25, 0.3) is 16.8 Å². The van der Waals surface area contributed by atoms with Gasteiger partial charge in [-0.2, -0.15) is 8.97 Å². The Morgan fingerprint density at radius 3 is 2.54 bits per heavy atom. The number of pyridine rings is 2. The zero-order chi connectivity index (χ0) is 18.1. The molecule has 0 saturated carbocycles. The second-order valence-electron chi connectivity index (χ2n) is 5.87. The molecule has 1 aromatic carbocycles. The fourth-order valence-corrected chi connectivity index (χ4v) is 3.09. The van der Waals surface area contributed by atoms with E-state index < -0.39 is 0 Å². The highest BCUT2D eigenvalue weighted by atomic mass is 35.5. The molecule has 26 heavy (non-hydrogen) atoms. The quantitative estimate of drug-likeness (QED) is 0.449. The van der Waals surface area contributed by atoms with Crippen molar-refractivity contribution < 1.29 is 9.51 Å². The summed E-state index contributed by atoms with van der Waals surface area (Å²) >= 11 is 5.85. The first kappa shape index (κ1) is 16.3. The third-order valence-corrected chi connectivity index (χ3v) is 4.44. The Bertz CT molecular complexity index is 1140. The molecule has 0 aliphatic rings. The number of benzene rings is 1. The minimum Gasteiger partial charge on any atom is -0.477 e. The highest BCUT2D eigenvalue weighted by molar-refractivity contribution is 6.29. The van der Waals surface area contributed by atoms with Crippen LogP contribution in [0.5, 0.6) is 5.88 Å². The molecule has 0 atom stereocenters. The molecule has 6 heteroatoms. The lowest BCUT2D eigenvalue weighted by molar-refractivity contribution is -0.532. The molecule has 5 nitrogen and oxygen atoms in total. The molecule has 0 fully saturated rings. The number of hydrogen-bond donors (Lipinski definition) is 1. The van der Waals surface area contributed by atoms with E-state index in [1.807, 2.05) is 30.3 Å². The van der Waals surface area contributed by atoms with Gasteiger partial charge in [0, 0.05) is 17.8 Å².